The molecule has 2 aliphatic rings. The van der Waals surface area contributed by atoms with Crippen molar-refractivity contribution in [1.29, 1.82) is 0 Å². The van der Waals surface area contributed by atoms with Gasteiger partial charge in [0.25, 0.3) is 0 Å². The second kappa shape index (κ2) is 3.52. The molecule has 72 valence electrons. The Morgan fingerprint density at radius 2 is 1.85 bits per heavy atom. The van der Waals surface area contributed by atoms with E-state index in [1.165, 1.54) is 31.3 Å². The Kier molecular flexibility index (Phi) is 2.38. The molecule has 2 heteroatoms. The van der Waals surface area contributed by atoms with Crippen molar-refractivity contribution in [2.24, 2.45) is 5.92 Å². The summed E-state index contributed by atoms with van der Waals surface area (Å²) >= 11 is 0. The predicted octanol–water partition coefficient (Wildman–Crippen LogP) is 2.74. The van der Waals surface area contributed by atoms with E-state index < -0.39 is 5.97 Å². The Hall–Kier alpha value is -0.790. The van der Waals surface area contributed by atoms with Gasteiger partial charge in [-0.3, -0.25) is 4.79 Å². The molecule has 2 nitrogen and oxygen atoms in total. The van der Waals surface area contributed by atoms with Crippen LogP contribution in [0, 0.1) is 5.92 Å². The molecular formula is C11H16O2. The van der Waals surface area contributed by atoms with Gasteiger partial charge in [0.05, 0.1) is 5.92 Å². The molecule has 0 aromatic carbocycles. The Balaban J connectivity index is 2.09. The van der Waals surface area contributed by atoms with Crippen LogP contribution >= 0.6 is 0 Å². The van der Waals surface area contributed by atoms with Crippen molar-refractivity contribution in [3.8, 4) is 0 Å². The van der Waals surface area contributed by atoms with Crippen molar-refractivity contribution < 1.29 is 9.90 Å². The molecule has 0 radical (unpaired) electrons. The van der Waals surface area contributed by atoms with Crippen molar-refractivity contribution in [2.75, 3.05) is 0 Å². The van der Waals surface area contributed by atoms with Crippen LogP contribution in [0.15, 0.2) is 11.1 Å². The number of carboxylic acid groups (broad SMARTS) is 1. The van der Waals surface area contributed by atoms with Crippen LogP contribution < -0.4 is 0 Å². The number of allylic oxidation sites excluding steroid dienone is 2. The maximum absolute atomic E-state index is 10.8. The first-order valence-corrected chi connectivity index (χ1v) is 5.20. The highest BCUT2D eigenvalue weighted by Gasteiger charge is 2.26. The van der Waals surface area contributed by atoms with E-state index in [4.69, 9.17) is 5.11 Å². The van der Waals surface area contributed by atoms with Crippen molar-refractivity contribution >= 4 is 5.97 Å². The first-order valence-electron chi connectivity index (χ1n) is 5.20. The standard InChI is InChI=1S/C11H16O2/c12-11(13)10-6-5-8-3-1-2-4-9(8)7-10/h10H,1-7H2,(H,12,13)/t10-/m1/s1. The van der Waals surface area contributed by atoms with E-state index in [0.29, 0.717) is 0 Å². The largest absolute Gasteiger partial charge is 0.481 e. The molecule has 0 saturated carbocycles. The Bertz CT molecular complexity index is 253. The first-order chi connectivity index (χ1) is 6.27. The van der Waals surface area contributed by atoms with E-state index >= 15 is 0 Å². The van der Waals surface area contributed by atoms with E-state index in [2.05, 4.69) is 0 Å². The third-order valence-corrected chi connectivity index (χ3v) is 3.34. The van der Waals surface area contributed by atoms with Gasteiger partial charge >= 0.3 is 5.97 Å². The van der Waals surface area contributed by atoms with Crippen LogP contribution in [0.25, 0.3) is 0 Å². The van der Waals surface area contributed by atoms with E-state index in [0.717, 1.165) is 19.3 Å². The summed E-state index contributed by atoms with van der Waals surface area (Å²) in [6, 6.07) is 0. The lowest BCUT2D eigenvalue weighted by Gasteiger charge is -2.28. The SMILES string of the molecule is O=C(O)[C@@H]1CCC2=C(CCCC2)C1. The molecule has 2 rings (SSSR count). The Labute approximate surface area is 78.6 Å². The van der Waals surface area contributed by atoms with Crippen molar-refractivity contribution in [2.45, 2.75) is 44.9 Å². The molecule has 0 fully saturated rings. The van der Waals surface area contributed by atoms with Gasteiger partial charge in [-0.05, 0) is 44.9 Å². The summed E-state index contributed by atoms with van der Waals surface area (Å²) in [5.74, 6) is -0.686. The number of aliphatic carboxylic acids is 1. The summed E-state index contributed by atoms with van der Waals surface area (Å²) in [6.45, 7) is 0. The van der Waals surface area contributed by atoms with Gasteiger partial charge in [0.15, 0.2) is 0 Å². The highest BCUT2D eigenvalue weighted by Crippen LogP contribution is 2.37. The van der Waals surface area contributed by atoms with Gasteiger partial charge in [-0.25, -0.2) is 0 Å². The minimum Gasteiger partial charge on any atom is -0.481 e. The van der Waals surface area contributed by atoms with Gasteiger partial charge in [-0.1, -0.05) is 11.1 Å². The lowest BCUT2D eigenvalue weighted by Crippen LogP contribution is -2.20. The van der Waals surface area contributed by atoms with Gasteiger partial charge in [0, 0.05) is 0 Å². The third-order valence-electron chi connectivity index (χ3n) is 3.34. The lowest BCUT2D eigenvalue weighted by atomic mass is 9.77. The first kappa shape index (κ1) is 8.79. The highest BCUT2D eigenvalue weighted by atomic mass is 16.4. The van der Waals surface area contributed by atoms with E-state index in [1.54, 1.807) is 5.57 Å². The number of carboxylic acids is 1. The molecule has 0 unspecified atom stereocenters. The molecule has 0 heterocycles. The zero-order chi connectivity index (χ0) is 9.26. The smallest absolute Gasteiger partial charge is 0.306 e. The molecule has 1 atom stereocenters. The van der Waals surface area contributed by atoms with E-state index in [-0.39, 0.29) is 5.92 Å². The number of hydrogen-bond donors (Lipinski definition) is 1. The fourth-order valence-corrected chi connectivity index (χ4v) is 2.54. The highest BCUT2D eigenvalue weighted by molar-refractivity contribution is 5.70. The molecule has 0 saturated heterocycles. The molecule has 0 aromatic heterocycles. The quantitative estimate of drug-likeness (QED) is 0.630. The summed E-state index contributed by atoms with van der Waals surface area (Å²) in [6.07, 6.45) is 7.74. The van der Waals surface area contributed by atoms with Crippen LogP contribution in [-0.4, -0.2) is 11.1 Å². The minimum absolute atomic E-state index is 0.0863. The van der Waals surface area contributed by atoms with Gasteiger partial charge in [-0.15, -0.1) is 0 Å². The molecule has 0 bridgehead atoms. The molecule has 0 aromatic rings. The van der Waals surface area contributed by atoms with Gasteiger partial charge in [0.2, 0.25) is 0 Å². The molecule has 0 spiro atoms. The minimum atomic E-state index is -0.600. The van der Waals surface area contributed by atoms with E-state index in [9.17, 15) is 4.79 Å². The Morgan fingerprint density at radius 3 is 2.54 bits per heavy atom. The van der Waals surface area contributed by atoms with Crippen LogP contribution in [0.5, 0.6) is 0 Å². The molecule has 13 heavy (non-hydrogen) atoms. The monoisotopic (exact) mass is 180 g/mol. The number of rotatable bonds is 1. The second-order valence-corrected chi connectivity index (χ2v) is 4.19. The van der Waals surface area contributed by atoms with Gasteiger partial charge in [0.1, 0.15) is 0 Å². The van der Waals surface area contributed by atoms with Crippen LogP contribution in [0.1, 0.15) is 44.9 Å². The van der Waals surface area contributed by atoms with Crippen molar-refractivity contribution in [1.82, 2.24) is 0 Å². The van der Waals surface area contributed by atoms with Crippen LogP contribution in [0.2, 0.25) is 0 Å². The normalized spacial score (nSPS) is 28.5. The summed E-state index contributed by atoms with van der Waals surface area (Å²) < 4.78 is 0. The van der Waals surface area contributed by atoms with Crippen LogP contribution in [0.3, 0.4) is 0 Å². The molecular weight excluding hydrogens is 164 g/mol. The third kappa shape index (κ3) is 1.77. The number of carbonyl (C=O) groups is 1. The van der Waals surface area contributed by atoms with Crippen molar-refractivity contribution in [3.63, 3.8) is 0 Å². The van der Waals surface area contributed by atoms with Gasteiger partial charge in [-0.2, -0.15) is 0 Å². The molecule has 0 aliphatic heterocycles. The summed E-state index contributed by atoms with van der Waals surface area (Å²) in [7, 11) is 0. The summed E-state index contributed by atoms with van der Waals surface area (Å²) in [5, 5.41) is 8.91. The summed E-state index contributed by atoms with van der Waals surface area (Å²) in [5.41, 5.74) is 3.06. The topological polar surface area (TPSA) is 37.3 Å². The fraction of sp³-hybridized carbons (Fsp3) is 0.727. The average Bonchev–Trinajstić information content (AvgIpc) is 2.17. The molecule has 1 N–H and O–H groups in total. The Morgan fingerprint density at radius 1 is 1.15 bits per heavy atom. The second-order valence-electron chi connectivity index (χ2n) is 4.19. The molecule has 0 amide bonds. The van der Waals surface area contributed by atoms with Crippen LogP contribution in [-0.2, 0) is 4.79 Å². The van der Waals surface area contributed by atoms with E-state index in [1.807, 2.05) is 0 Å². The zero-order valence-corrected chi connectivity index (χ0v) is 7.88. The number of hydrogen-bond acceptors (Lipinski definition) is 1. The summed E-state index contributed by atoms with van der Waals surface area (Å²) in [4.78, 5) is 10.8. The molecule has 2 aliphatic carbocycles. The van der Waals surface area contributed by atoms with Crippen molar-refractivity contribution in [3.05, 3.63) is 11.1 Å². The average molecular weight is 180 g/mol. The lowest BCUT2D eigenvalue weighted by molar-refractivity contribution is -0.142. The zero-order valence-electron chi connectivity index (χ0n) is 7.88. The van der Waals surface area contributed by atoms with Gasteiger partial charge < -0.3 is 5.11 Å². The fourth-order valence-electron chi connectivity index (χ4n) is 2.54. The maximum Gasteiger partial charge on any atom is 0.306 e. The predicted molar refractivity (Wildman–Crippen MR) is 50.5 cm³/mol. The maximum atomic E-state index is 10.8. The van der Waals surface area contributed by atoms with Crippen LogP contribution in [0.4, 0.5) is 0 Å².